The van der Waals surface area contributed by atoms with E-state index in [2.05, 4.69) is 24.6 Å². The first-order valence-electron chi connectivity index (χ1n) is 22.0. The van der Waals surface area contributed by atoms with E-state index in [9.17, 15) is 24.6 Å². The first-order valence-corrected chi connectivity index (χ1v) is 22.0. The van der Waals surface area contributed by atoms with E-state index in [1.54, 1.807) is 0 Å². The van der Waals surface area contributed by atoms with Gasteiger partial charge in [-0.15, -0.1) is 0 Å². The molecule has 6 aliphatic carbocycles. The number of aliphatic carboxylic acids is 2. The van der Waals surface area contributed by atoms with Gasteiger partial charge in [0.2, 0.25) is 5.91 Å². The maximum atomic E-state index is 13.0. The van der Waals surface area contributed by atoms with Gasteiger partial charge in [0.15, 0.2) is 0 Å². The Morgan fingerprint density at radius 2 is 0.943 bits per heavy atom. The smallest absolute Gasteiger partial charge is 0.307 e. The molecule has 10 nitrogen and oxygen atoms in total. The maximum absolute atomic E-state index is 13.0. The average Bonchev–Trinajstić information content (AvgIpc) is 3.17. The first-order chi connectivity index (χ1) is 25.6. The topological polar surface area (TPSA) is 143 Å². The summed E-state index contributed by atoms with van der Waals surface area (Å²) >= 11 is 0. The van der Waals surface area contributed by atoms with E-state index >= 15 is 0 Å². The number of carbonyl (C=O) groups is 3. The molecule has 6 fully saturated rings. The third-order valence-electron chi connectivity index (χ3n) is 15.1. The van der Waals surface area contributed by atoms with Crippen molar-refractivity contribution in [3.63, 3.8) is 0 Å². The number of carboxylic acid groups (broad SMARTS) is 2. The van der Waals surface area contributed by atoms with E-state index in [1.807, 2.05) is 0 Å². The second-order valence-electron chi connectivity index (χ2n) is 18.8. The summed E-state index contributed by atoms with van der Waals surface area (Å²) in [5.41, 5.74) is 3.60. The lowest BCUT2D eigenvalue weighted by Gasteiger charge is -2.47. The Labute approximate surface area is 318 Å². The van der Waals surface area contributed by atoms with E-state index < -0.39 is 17.9 Å². The van der Waals surface area contributed by atoms with E-state index in [-0.39, 0.29) is 35.8 Å². The molecular weight excluding hydrogens is 672 g/mol. The number of rotatable bonds is 14. The average molecular weight is 745 g/mol. The van der Waals surface area contributed by atoms with Gasteiger partial charge in [0, 0.05) is 12.1 Å². The summed E-state index contributed by atoms with van der Waals surface area (Å²) in [6.45, 7) is 5.55. The van der Waals surface area contributed by atoms with Gasteiger partial charge in [-0.3, -0.25) is 14.4 Å². The second kappa shape index (κ2) is 19.4. The van der Waals surface area contributed by atoms with Crippen LogP contribution in [0.25, 0.3) is 0 Å². The summed E-state index contributed by atoms with van der Waals surface area (Å²) in [5, 5.41) is 22.3. The van der Waals surface area contributed by atoms with Crippen LogP contribution in [-0.2, 0) is 28.7 Å². The van der Waals surface area contributed by atoms with Gasteiger partial charge in [-0.05, 0) is 152 Å². The van der Waals surface area contributed by atoms with Crippen molar-refractivity contribution >= 4 is 17.8 Å². The van der Waals surface area contributed by atoms with Crippen LogP contribution in [0.3, 0.4) is 0 Å². The molecule has 1 amide bonds. The molecule has 4 unspecified atom stereocenters. The SMILES string of the molecule is CC(C)(C1CCC(OC2CCC(NOCC3CCCCC3C(=O)O)CC2)CC1)C1CCC(OC2CCC(NC(=O)C3CCCCC3C(=O)O)CC2)CC1. The number of amides is 1. The van der Waals surface area contributed by atoms with Crippen LogP contribution in [0, 0.1) is 40.9 Å². The van der Waals surface area contributed by atoms with Crippen molar-refractivity contribution < 1.29 is 38.9 Å². The number of ether oxygens (including phenoxy) is 2. The van der Waals surface area contributed by atoms with Gasteiger partial charge >= 0.3 is 11.9 Å². The molecule has 0 aromatic carbocycles. The predicted molar refractivity (Wildman–Crippen MR) is 203 cm³/mol. The highest BCUT2D eigenvalue weighted by Crippen LogP contribution is 2.49. The molecular formula is C43H72N2O8. The monoisotopic (exact) mass is 745 g/mol. The zero-order valence-electron chi connectivity index (χ0n) is 32.9. The fourth-order valence-electron chi connectivity index (χ4n) is 11.5. The van der Waals surface area contributed by atoms with Gasteiger partial charge in [0.25, 0.3) is 0 Å². The van der Waals surface area contributed by atoms with Crippen molar-refractivity contribution in [2.24, 2.45) is 40.9 Å². The Kier molecular flexibility index (Phi) is 15.0. The van der Waals surface area contributed by atoms with Gasteiger partial charge in [0.1, 0.15) is 0 Å². The number of carboxylic acids is 2. The van der Waals surface area contributed by atoms with E-state index in [0.717, 1.165) is 115 Å². The van der Waals surface area contributed by atoms with Crippen molar-refractivity contribution in [3.05, 3.63) is 0 Å². The van der Waals surface area contributed by atoms with Crippen LogP contribution in [0.1, 0.15) is 168 Å². The fourth-order valence-corrected chi connectivity index (χ4v) is 11.5. The van der Waals surface area contributed by atoms with Crippen LogP contribution < -0.4 is 10.8 Å². The molecule has 0 radical (unpaired) electrons. The Morgan fingerprint density at radius 1 is 0.528 bits per heavy atom. The number of hydrogen-bond donors (Lipinski definition) is 4. The van der Waals surface area contributed by atoms with Gasteiger partial charge in [-0.2, -0.15) is 5.48 Å². The third kappa shape index (κ3) is 11.2. The van der Waals surface area contributed by atoms with Crippen LogP contribution >= 0.6 is 0 Å². The molecule has 0 aromatic heterocycles. The van der Waals surface area contributed by atoms with Crippen molar-refractivity contribution in [2.45, 2.75) is 204 Å². The molecule has 6 saturated carbocycles. The highest BCUT2D eigenvalue weighted by Gasteiger charge is 2.42. The summed E-state index contributed by atoms with van der Waals surface area (Å²) < 4.78 is 13.4. The molecule has 0 bridgehead atoms. The van der Waals surface area contributed by atoms with Crippen molar-refractivity contribution in [2.75, 3.05) is 6.61 Å². The lowest BCUT2D eigenvalue weighted by molar-refractivity contribution is -0.149. The lowest BCUT2D eigenvalue weighted by Crippen LogP contribution is -2.46. The minimum absolute atomic E-state index is 0.0495. The van der Waals surface area contributed by atoms with Crippen molar-refractivity contribution in [3.8, 4) is 0 Å². The lowest BCUT2D eigenvalue weighted by atomic mass is 9.60. The van der Waals surface area contributed by atoms with Crippen LogP contribution in [0.2, 0.25) is 0 Å². The molecule has 6 aliphatic rings. The van der Waals surface area contributed by atoms with Crippen molar-refractivity contribution in [1.82, 2.24) is 10.8 Å². The number of nitrogens with one attached hydrogen (secondary N) is 2. The molecule has 53 heavy (non-hydrogen) atoms. The molecule has 0 heterocycles. The predicted octanol–water partition coefficient (Wildman–Crippen LogP) is 8.21. The molecule has 302 valence electrons. The summed E-state index contributed by atoms with van der Waals surface area (Å²) in [6.07, 6.45) is 26.0. The minimum atomic E-state index is -0.825. The number of carbonyl (C=O) groups excluding carboxylic acids is 1. The standard InChI is InChI=1S/C43H72N2O8/c1-43(2,29-11-19-33(20-12-29)52-35-23-15-31(16-24-35)44-40(46)38-9-5-6-10-39(38)42(49)50)30-13-21-34(22-14-30)53-36-25-17-32(18-26-36)45-51-27-28-7-3-4-8-37(28)41(47)48/h28-39,45H,3-27H2,1-2H3,(H,44,46)(H,47,48)(H,49,50). The molecule has 4 atom stereocenters. The molecule has 0 saturated heterocycles. The Balaban J connectivity index is 0.825. The molecule has 0 aromatic rings. The second-order valence-corrected chi connectivity index (χ2v) is 18.8. The zero-order valence-corrected chi connectivity index (χ0v) is 32.9. The Hall–Kier alpha value is -1.75. The molecule has 6 rings (SSSR count). The van der Waals surface area contributed by atoms with Gasteiger partial charge < -0.3 is 29.8 Å². The Bertz CT molecular complexity index is 1160. The first kappa shape index (κ1) is 40.9. The minimum Gasteiger partial charge on any atom is -0.481 e. The van der Waals surface area contributed by atoms with E-state index in [4.69, 9.17) is 14.3 Å². The number of hydroxylamine groups is 1. The summed E-state index contributed by atoms with van der Waals surface area (Å²) in [5.74, 6) is -1.12. The third-order valence-corrected chi connectivity index (χ3v) is 15.1. The molecule has 0 aliphatic heterocycles. The Morgan fingerprint density at radius 3 is 1.43 bits per heavy atom. The largest absolute Gasteiger partial charge is 0.481 e. The van der Waals surface area contributed by atoms with Crippen LogP contribution in [0.15, 0.2) is 0 Å². The summed E-state index contributed by atoms with van der Waals surface area (Å²) in [4.78, 5) is 42.1. The summed E-state index contributed by atoms with van der Waals surface area (Å²) in [7, 11) is 0. The highest BCUT2D eigenvalue weighted by atomic mass is 16.6. The zero-order chi connectivity index (χ0) is 37.4. The van der Waals surface area contributed by atoms with Crippen LogP contribution in [0.5, 0.6) is 0 Å². The van der Waals surface area contributed by atoms with Crippen LogP contribution in [0.4, 0.5) is 0 Å². The van der Waals surface area contributed by atoms with Gasteiger partial charge in [-0.25, -0.2) is 0 Å². The van der Waals surface area contributed by atoms with E-state index in [1.165, 1.54) is 38.5 Å². The normalized spacial score (nSPS) is 38.8. The molecule has 10 heteroatoms. The fraction of sp³-hybridized carbons (Fsp3) is 0.930. The van der Waals surface area contributed by atoms with E-state index in [0.29, 0.717) is 49.2 Å². The van der Waals surface area contributed by atoms with Gasteiger partial charge in [0.05, 0.1) is 48.8 Å². The summed E-state index contributed by atoms with van der Waals surface area (Å²) in [6, 6.07) is 0.470. The number of hydrogen-bond acceptors (Lipinski definition) is 7. The van der Waals surface area contributed by atoms with Crippen molar-refractivity contribution in [1.29, 1.82) is 0 Å². The molecule has 0 spiro atoms. The van der Waals surface area contributed by atoms with Gasteiger partial charge in [-0.1, -0.05) is 39.5 Å². The molecule has 4 N–H and O–H groups in total. The van der Waals surface area contributed by atoms with Crippen LogP contribution in [-0.4, -0.2) is 71.2 Å². The quantitative estimate of drug-likeness (QED) is 0.129. The maximum Gasteiger partial charge on any atom is 0.307 e. The highest BCUT2D eigenvalue weighted by molar-refractivity contribution is 5.85.